The lowest BCUT2D eigenvalue weighted by Crippen LogP contribution is -2.24. The van der Waals surface area contributed by atoms with Crippen LogP contribution in [0.1, 0.15) is 28.4 Å². The Morgan fingerprint density at radius 2 is 1.83 bits per heavy atom. The number of rotatable bonds is 7. The summed E-state index contributed by atoms with van der Waals surface area (Å²) in [6.07, 6.45) is 0. The summed E-state index contributed by atoms with van der Waals surface area (Å²) < 4.78 is 28.1. The molecule has 24 heavy (non-hydrogen) atoms. The molecule has 3 N–H and O–H groups in total. The van der Waals surface area contributed by atoms with Gasteiger partial charge in [0.15, 0.2) is 0 Å². The van der Waals surface area contributed by atoms with Crippen LogP contribution in [0, 0.1) is 0 Å². The molecule has 1 amide bonds. The van der Waals surface area contributed by atoms with Gasteiger partial charge >= 0.3 is 0 Å². The number of benzene rings is 2. The third-order valence-corrected chi connectivity index (χ3v) is 4.36. The van der Waals surface area contributed by atoms with Crippen LogP contribution in [0.2, 0.25) is 0 Å². The van der Waals surface area contributed by atoms with Crippen LogP contribution in [0.4, 0.5) is 0 Å². The molecule has 0 unspecified atom stereocenters. The van der Waals surface area contributed by atoms with Gasteiger partial charge < -0.3 is 10.1 Å². The summed E-state index contributed by atoms with van der Waals surface area (Å²) in [4.78, 5) is 12.2. The number of carbonyl (C=O) groups is 1. The number of sulfonamides is 1. The SMILES string of the molecule is CCOCc1ccccc1CNC(=O)c1cccc(S(N)(=O)=O)c1. The van der Waals surface area contributed by atoms with E-state index in [1.807, 2.05) is 31.2 Å². The molecule has 0 bridgehead atoms. The number of amides is 1. The first-order valence-corrected chi connectivity index (χ1v) is 9.02. The Morgan fingerprint density at radius 3 is 2.50 bits per heavy atom. The molecule has 0 saturated carbocycles. The molecule has 0 aromatic heterocycles. The van der Waals surface area contributed by atoms with Gasteiger partial charge in [-0.1, -0.05) is 30.3 Å². The molecular weight excluding hydrogens is 328 g/mol. The van der Waals surface area contributed by atoms with E-state index >= 15 is 0 Å². The van der Waals surface area contributed by atoms with Gasteiger partial charge in [0, 0.05) is 18.7 Å². The monoisotopic (exact) mass is 348 g/mol. The van der Waals surface area contributed by atoms with Crippen molar-refractivity contribution in [3.8, 4) is 0 Å². The molecule has 0 heterocycles. The lowest BCUT2D eigenvalue weighted by molar-refractivity contribution is 0.0949. The van der Waals surface area contributed by atoms with Crippen LogP contribution < -0.4 is 10.5 Å². The van der Waals surface area contributed by atoms with E-state index in [9.17, 15) is 13.2 Å². The number of primary sulfonamides is 1. The normalized spacial score (nSPS) is 11.2. The van der Waals surface area contributed by atoms with Gasteiger partial charge in [0.1, 0.15) is 0 Å². The van der Waals surface area contributed by atoms with Crippen LogP contribution in [0.5, 0.6) is 0 Å². The molecule has 2 aromatic rings. The molecular formula is C17H20N2O4S. The highest BCUT2D eigenvalue weighted by Gasteiger charge is 2.12. The number of ether oxygens (including phenoxy) is 1. The summed E-state index contributed by atoms with van der Waals surface area (Å²) >= 11 is 0. The van der Waals surface area contributed by atoms with Gasteiger partial charge in [-0.05, 0) is 36.2 Å². The number of nitrogens with two attached hydrogens (primary N) is 1. The van der Waals surface area contributed by atoms with E-state index in [2.05, 4.69) is 5.32 Å². The van der Waals surface area contributed by atoms with Crippen molar-refractivity contribution in [2.75, 3.05) is 6.61 Å². The summed E-state index contributed by atoms with van der Waals surface area (Å²) in [5.41, 5.74) is 2.18. The molecule has 0 aliphatic carbocycles. The highest BCUT2D eigenvalue weighted by Crippen LogP contribution is 2.12. The van der Waals surface area contributed by atoms with E-state index in [0.717, 1.165) is 11.1 Å². The van der Waals surface area contributed by atoms with Gasteiger partial charge in [0.25, 0.3) is 5.91 Å². The van der Waals surface area contributed by atoms with E-state index in [1.54, 1.807) is 0 Å². The minimum absolute atomic E-state index is 0.0908. The molecule has 2 rings (SSSR count). The van der Waals surface area contributed by atoms with Gasteiger partial charge in [-0.25, -0.2) is 13.6 Å². The van der Waals surface area contributed by atoms with Gasteiger partial charge in [0.2, 0.25) is 10.0 Å². The molecule has 0 spiro atoms. The van der Waals surface area contributed by atoms with Gasteiger partial charge in [-0.15, -0.1) is 0 Å². The molecule has 0 aliphatic heterocycles. The Hall–Kier alpha value is -2.22. The molecule has 2 aromatic carbocycles. The second-order valence-electron chi connectivity index (χ2n) is 5.16. The largest absolute Gasteiger partial charge is 0.377 e. The Balaban J connectivity index is 2.09. The van der Waals surface area contributed by atoms with Crippen LogP contribution in [-0.4, -0.2) is 20.9 Å². The molecule has 0 saturated heterocycles. The van der Waals surface area contributed by atoms with Crippen molar-refractivity contribution in [3.05, 3.63) is 65.2 Å². The van der Waals surface area contributed by atoms with Crippen molar-refractivity contribution in [1.82, 2.24) is 5.32 Å². The first kappa shape index (κ1) is 18.1. The van der Waals surface area contributed by atoms with Crippen molar-refractivity contribution >= 4 is 15.9 Å². The third kappa shape index (κ3) is 4.89. The number of carbonyl (C=O) groups excluding carboxylic acids is 1. The molecule has 0 radical (unpaired) electrons. The first-order valence-electron chi connectivity index (χ1n) is 7.47. The Morgan fingerprint density at radius 1 is 1.12 bits per heavy atom. The standard InChI is InChI=1S/C17H20N2O4S/c1-2-23-12-15-7-4-3-6-14(15)11-19-17(20)13-8-5-9-16(10-13)24(18,21)22/h3-10H,2,11-12H2,1H3,(H,19,20)(H2,18,21,22). The topological polar surface area (TPSA) is 98.5 Å². The summed E-state index contributed by atoms with van der Waals surface area (Å²) in [6, 6.07) is 13.3. The zero-order valence-corrected chi connectivity index (χ0v) is 14.2. The molecule has 0 atom stereocenters. The van der Waals surface area contributed by atoms with Crippen molar-refractivity contribution < 1.29 is 17.9 Å². The quantitative estimate of drug-likeness (QED) is 0.797. The van der Waals surface area contributed by atoms with Crippen molar-refractivity contribution in [2.45, 2.75) is 25.0 Å². The van der Waals surface area contributed by atoms with Crippen molar-refractivity contribution in [2.24, 2.45) is 5.14 Å². The van der Waals surface area contributed by atoms with E-state index < -0.39 is 10.0 Å². The number of hydrogen-bond acceptors (Lipinski definition) is 4. The van der Waals surface area contributed by atoms with Gasteiger partial charge in [0.05, 0.1) is 11.5 Å². The zero-order valence-electron chi connectivity index (χ0n) is 13.4. The Labute approximate surface area is 141 Å². The lowest BCUT2D eigenvalue weighted by atomic mass is 10.1. The third-order valence-electron chi connectivity index (χ3n) is 3.44. The van der Waals surface area contributed by atoms with Crippen LogP contribution in [-0.2, 0) is 27.9 Å². The Bertz CT molecular complexity index is 819. The minimum Gasteiger partial charge on any atom is -0.377 e. The minimum atomic E-state index is -3.84. The maximum absolute atomic E-state index is 12.2. The summed E-state index contributed by atoms with van der Waals surface area (Å²) in [6.45, 7) is 3.33. The lowest BCUT2D eigenvalue weighted by Gasteiger charge is -2.11. The van der Waals surface area contributed by atoms with Crippen molar-refractivity contribution in [1.29, 1.82) is 0 Å². The molecule has 0 fully saturated rings. The fourth-order valence-electron chi connectivity index (χ4n) is 2.17. The fraction of sp³-hybridized carbons (Fsp3) is 0.235. The average Bonchev–Trinajstić information content (AvgIpc) is 2.58. The fourth-order valence-corrected chi connectivity index (χ4v) is 2.73. The first-order chi connectivity index (χ1) is 11.4. The summed E-state index contributed by atoms with van der Waals surface area (Å²) in [5.74, 6) is -0.369. The van der Waals surface area contributed by atoms with Gasteiger partial charge in [-0.3, -0.25) is 4.79 Å². The van der Waals surface area contributed by atoms with Crippen LogP contribution in [0.15, 0.2) is 53.4 Å². The summed E-state index contributed by atoms with van der Waals surface area (Å²) in [7, 11) is -3.84. The van der Waals surface area contributed by atoms with E-state index in [1.165, 1.54) is 24.3 Å². The van der Waals surface area contributed by atoms with E-state index in [4.69, 9.17) is 9.88 Å². The highest BCUT2D eigenvalue weighted by molar-refractivity contribution is 7.89. The molecule has 128 valence electrons. The van der Waals surface area contributed by atoms with Crippen LogP contribution in [0.25, 0.3) is 0 Å². The van der Waals surface area contributed by atoms with Crippen LogP contribution in [0.3, 0.4) is 0 Å². The van der Waals surface area contributed by atoms with Gasteiger partial charge in [-0.2, -0.15) is 0 Å². The zero-order chi connectivity index (χ0) is 17.6. The van der Waals surface area contributed by atoms with E-state index in [-0.39, 0.29) is 16.4 Å². The summed E-state index contributed by atoms with van der Waals surface area (Å²) in [5, 5.41) is 7.86. The van der Waals surface area contributed by atoms with Crippen molar-refractivity contribution in [3.63, 3.8) is 0 Å². The predicted molar refractivity (Wildman–Crippen MR) is 90.8 cm³/mol. The maximum atomic E-state index is 12.2. The predicted octanol–water partition coefficient (Wildman–Crippen LogP) is 1.80. The second kappa shape index (κ2) is 8.05. The number of nitrogens with one attached hydrogen (secondary N) is 1. The molecule has 7 heteroatoms. The highest BCUT2D eigenvalue weighted by atomic mass is 32.2. The Kier molecular flexibility index (Phi) is 6.08. The smallest absolute Gasteiger partial charge is 0.251 e. The van der Waals surface area contributed by atoms with Crippen LogP contribution >= 0.6 is 0 Å². The second-order valence-corrected chi connectivity index (χ2v) is 6.72. The molecule has 6 nitrogen and oxygen atoms in total. The van der Waals surface area contributed by atoms with E-state index in [0.29, 0.717) is 19.8 Å². The average molecular weight is 348 g/mol. The number of hydrogen-bond donors (Lipinski definition) is 2. The molecule has 0 aliphatic rings. The maximum Gasteiger partial charge on any atom is 0.251 e.